The molecular formula is C12H24N2S. The van der Waals surface area contributed by atoms with Crippen molar-refractivity contribution in [3.05, 3.63) is 0 Å². The van der Waals surface area contributed by atoms with Crippen LogP contribution in [0.4, 0.5) is 0 Å². The molecule has 3 heteroatoms. The van der Waals surface area contributed by atoms with Gasteiger partial charge in [-0.15, -0.1) is 0 Å². The summed E-state index contributed by atoms with van der Waals surface area (Å²) in [6.07, 6.45) is 3.37. The van der Waals surface area contributed by atoms with Gasteiger partial charge < -0.3 is 10.6 Å². The number of hydrogen-bond donors (Lipinski definition) is 1. The van der Waals surface area contributed by atoms with E-state index in [1.54, 1.807) is 0 Å². The third-order valence-electron chi connectivity index (χ3n) is 3.59. The molecule has 88 valence electrons. The molecule has 0 radical (unpaired) electrons. The maximum atomic E-state index is 5.51. The van der Waals surface area contributed by atoms with Crippen LogP contribution in [0, 0.1) is 11.8 Å². The minimum Gasteiger partial charge on any atom is -0.393 e. The van der Waals surface area contributed by atoms with E-state index < -0.39 is 0 Å². The van der Waals surface area contributed by atoms with Gasteiger partial charge in [0.1, 0.15) is 0 Å². The van der Waals surface area contributed by atoms with Crippen LogP contribution in [-0.2, 0) is 0 Å². The molecule has 0 aromatic heterocycles. The lowest BCUT2D eigenvalue weighted by atomic mass is 9.86. The Kier molecular flexibility index (Phi) is 5.00. The zero-order chi connectivity index (χ0) is 11.4. The maximum absolute atomic E-state index is 5.51. The number of hydrogen-bond acceptors (Lipinski definition) is 2. The van der Waals surface area contributed by atoms with Gasteiger partial charge in [0, 0.05) is 12.6 Å². The molecule has 0 aliphatic carbocycles. The van der Waals surface area contributed by atoms with E-state index in [-0.39, 0.29) is 0 Å². The van der Waals surface area contributed by atoms with Gasteiger partial charge in [-0.25, -0.2) is 0 Å². The van der Waals surface area contributed by atoms with Gasteiger partial charge in [-0.1, -0.05) is 26.1 Å². The summed E-state index contributed by atoms with van der Waals surface area (Å²) in [5.74, 6) is 1.65. The molecule has 3 atom stereocenters. The van der Waals surface area contributed by atoms with Gasteiger partial charge in [-0.3, -0.25) is 0 Å². The zero-order valence-electron chi connectivity index (χ0n) is 10.2. The quantitative estimate of drug-likeness (QED) is 0.749. The number of piperidine rings is 1. The molecule has 0 aromatic carbocycles. The molecule has 15 heavy (non-hydrogen) atoms. The summed E-state index contributed by atoms with van der Waals surface area (Å²) in [5, 5.41) is 0. The van der Waals surface area contributed by atoms with E-state index in [0.717, 1.165) is 31.2 Å². The van der Waals surface area contributed by atoms with Crippen LogP contribution in [0.3, 0.4) is 0 Å². The van der Waals surface area contributed by atoms with Crippen LogP contribution in [0.5, 0.6) is 0 Å². The third kappa shape index (κ3) is 4.07. The second kappa shape index (κ2) is 5.80. The average Bonchev–Trinajstić information content (AvgIpc) is 2.12. The zero-order valence-corrected chi connectivity index (χ0v) is 11.0. The van der Waals surface area contributed by atoms with Crippen LogP contribution < -0.4 is 5.73 Å². The lowest BCUT2D eigenvalue weighted by Crippen LogP contribution is -2.46. The molecule has 1 heterocycles. The predicted molar refractivity (Wildman–Crippen MR) is 70.0 cm³/mol. The van der Waals surface area contributed by atoms with Gasteiger partial charge in [0.25, 0.3) is 0 Å². The van der Waals surface area contributed by atoms with E-state index in [2.05, 4.69) is 25.7 Å². The molecule has 3 unspecified atom stereocenters. The first-order valence-corrected chi connectivity index (χ1v) is 6.44. The first kappa shape index (κ1) is 12.9. The van der Waals surface area contributed by atoms with Gasteiger partial charge in [0.05, 0.1) is 4.99 Å². The topological polar surface area (TPSA) is 29.3 Å². The summed E-state index contributed by atoms with van der Waals surface area (Å²) in [4.78, 5) is 3.25. The normalized spacial score (nSPS) is 32.9. The van der Waals surface area contributed by atoms with Gasteiger partial charge in [-0.05, 0) is 44.6 Å². The monoisotopic (exact) mass is 228 g/mol. The molecule has 1 saturated heterocycles. The Morgan fingerprint density at radius 3 is 2.67 bits per heavy atom. The Balaban J connectivity index is 2.35. The van der Waals surface area contributed by atoms with Crippen LogP contribution in [0.1, 0.15) is 40.0 Å². The van der Waals surface area contributed by atoms with E-state index in [0.29, 0.717) is 11.0 Å². The van der Waals surface area contributed by atoms with Crippen LogP contribution >= 0.6 is 12.2 Å². The maximum Gasteiger partial charge on any atom is 0.0727 e. The molecular weight excluding hydrogens is 204 g/mol. The highest BCUT2D eigenvalue weighted by Crippen LogP contribution is 2.26. The van der Waals surface area contributed by atoms with Crippen molar-refractivity contribution in [3.63, 3.8) is 0 Å². The van der Waals surface area contributed by atoms with Crippen molar-refractivity contribution in [2.75, 3.05) is 13.1 Å². The summed E-state index contributed by atoms with van der Waals surface area (Å²) in [7, 11) is 0. The van der Waals surface area contributed by atoms with Crippen LogP contribution in [0.15, 0.2) is 0 Å². The fourth-order valence-corrected chi connectivity index (χ4v) is 2.73. The van der Waals surface area contributed by atoms with E-state index in [1.165, 1.54) is 13.0 Å². The smallest absolute Gasteiger partial charge is 0.0727 e. The summed E-state index contributed by atoms with van der Waals surface area (Å²) in [5.41, 5.74) is 5.51. The van der Waals surface area contributed by atoms with E-state index in [9.17, 15) is 0 Å². The Morgan fingerprint density at radius 1 is 1.40 bits per heavy atom. The number of nitrogens with two attached hydrogens (primary N) is 1. The molecule has 0 bridgehead atoms. The minimum absolute atomic E-state index is 0.653. The highest BCUT2D eigenvalue weighted by molar-refractivity contribution is 7.80. The second-order valence-corrected chi connectivity index (χ2v) is 5.65. The molecule has 1 aliphatic rings. The van der Waals surface area contributed by atoms with Crippen molar-refractivity contribution < 1.29 is 0 Å². The highest BCUT2D eigenvalue weighted by atomic mass is 32.1. The number of rotatable bonds is 4. The molecule has 2 nitrogen and oxygen atoms in total. The van der Waals surface area contributed by atoms with Crippen molar-refractivity contribution in [2.45, 2.75) is 46.1 Å². The molecule has 0 spiro atoms. The second-order valence-electron chi connectivity index (χ2n) is 5.12. The molecule has 1 fully saturated rings. The lowest BCUT2D eigenvalue weighted by Gasteiger charge is -2.41. The van der Waals surface area contributed by atoms with Gasteiger partial charge in [0.2, 0.25) is 0 Å². The Morgan fingerprint density at radius 2 is 2.07 bits per heavy atom. The summed E-state index contributed by atoms with van der Waals surface area (Å²) in [6, 6.07) is 0.715. The Hall–Kier alpha value is -0.150. The van der Waals surface area contributed by atoms with Gasteiger partial charge >= 0.3 is 0 Å². The minimum atomic E-state index is 0.653. The molecule has 1 aliphatic heterocycles. The van der Waals surface area contributed by atoms with Gasteiger partial charge in [-0.2, -0.15) is 0 Å². The Labute approximate surface area is 99.2 Å². The van der Waals surface area contributed by atoms with Crippen LogP contribution in [0.2, 0.25) is 0 Å². The molecule has 0 aromatic rings. The number of nitrogens with zero attached hydrogens (tertiary/aromatic N) is 1. The van der Waals surface area contributed by atoms with Crippen molar-refractivity contribution in [3.8, 4) is 0 Å². The van der Waals surface area contributed by atoms with E-state index in [4.69, 9.17) is 18.0 Å². The predicted octanol–water partition coefficient (Wildman–Crippen LogP) is 2.42. The highest BCUT2D eigenvalue weighted by Gasteiger charge is 2.27. The van der Waals surface area contributed by atoms with Gasteiger partial charge in [0.15, 0.2) is 0 Å². The molecule has 0 saturated carbocycles. The average molecular weight is 228 g/mol. The van der Waals surface area contributed by atoms with Crippen molar-refractivity contribution in [1.82, 2.24) is 4.90 Å². The standard InChI is InChI=1S/C12H24N2S/c1-9-7-10(2)11(3)14(8-9)6-4-5-12(13)15/h9-11H,4-8H2,1-3H3,(H2,13,15). The van der Waals surface area contributed by atoms with Crippen molar-refractivity contribution >= 4 is 17.2 Å². The van der Waals surface area contributed by atoms with E-state index in [1.807, 2.05) is 0 Å². The Bertz CT molecular complexity index is 218. The summed E-state index contributed by atoms with van der Waals surface area (Å²) >= 11 is 4.90. The molecule has 1 rings (SSSR count). The van der Waals surface area contributed by atoms with Crippen LogP contribution in [0.25, 0.3) is 0 Å². The number of thiocarbonyl (C=S) groups is 1. The molecule has 2 N–H and O–H groups in total. The van der Waals surface area contributed by atoms with Crippen molar-refractivity contribution in [2.24, 2.45) is 17.6 Å². The fraction of sp³-hybridized carbons (Fsp3) is 0.917. The SMILES string of the molecule is CC1CC(C)C(C)N(CCCC(N)=S)C1. The fourth-order valence-electron chi connectivity index (χ4n) is 2.58. The largest absolute Gasteiger partial charge is 0.393 e. The third-order valence-corrected chi connectivity index (χ3v) is 3.79. The molecule has 0 amide bonds. The van der Waals surface area contributed by atoms with E-state index >= 15 is 0 Å². The lowest BCUT2D eigenvalue weighted by molar-refractivity contribution is 0.0793. The summed E-state index contributed by atoms with van der Waals surface area (Å²) < 4.78 is 0. The first-order chi connectivity index (χ1) is 7.00. The van der Waals surface area contributed by atoms with Crippen LogP contribution in [-0.4, -0.2) is 29.0 Å². The van der Waals surface area contributed by atoms with Crippen molar-refractivity contribution in [1.29, 1.82) is 0 Å². The number of likely N-dealkylation sites (tertiary alicyclic amines) is 1. The summed E-state index contributed by atoms with van der Waals surface area (Å²) in [6.45, 7) is 9.44. The first-order valence-electron chi connectivity index (χ1n) is 6.03.